The molecule has 0 amide bonds. The van der Waals surface area contributed by atoms with Gasteiger partial charge in [-0.1, -0.05) is 6.92 Å². The molecule has 1 aliphatic rings. The van der Waals surface area contributed by atoms with Crippen LogP contribution < -0.4 is 4.74 Å². The molecule has 1 aliphatic heterocycles. The molecule has 66 valence electrons. The third-order valence-corrected chi connectivity index (χ3v) is 2.32. The number of fused-ring (bicyclic) bond motifs is 1. The van der Waals surface area contributed by atoms with Gasteiger partial charge in [-0.2, -0.15) is 5.10 Å². The Morgan fingerprint density at radius 2 is 2.42 bits per heavy atom. The quantitative estimate of drug-likeness (QED) is 0.632. The molecule has 3 nitrogen and oxygen atoms in total. The summed E-state index contributed by atoms with van der Waals surface area (Å²) in [4.78, 5) is 0. The van der Waals surface area contributed by atoms with Crippen molar-refractivity contribution in [2.24, 2.45) is 0 Å². The van der Waals surface area contributed by atoms with Crippen molar-refractivity contribution in [1.82, 2.24) is 9.78 Å². The van der Waals surface area contributed by atoms with Crippen LogP contribution in [0.2, 0.25) is 0 Å². The van der Waals surface area contributed by atoms with Gasteiger partial charge in [0.1, 0.15) is 0 Å². The monoisotopic (exact) mass is 166 g/mol. The summed E-state index contributed by atoms with van der Waals surface area (Å²) in [6.07, 6.45) is 2.08. The van der Waals surface area contributed by atoms with Gasteiger partial charge in [0, 0.05) is 18.5 Å². The molecule has 2 heterocycles. The van der Waals surface area contributed by atoms with E-state index in [4.69, 9.17) is 4.74 Å². The van der Waals surface area contributed by atoms with E-state index in [9.17, 15) is 0 Å². The number of aryl methyl sites for hydroxylation is 2. The highest BCUT2D eigenvalue weighted by Gasteiger charge is 2.17. The first-order valence-corrected chi connectivity index (χ1v) is 4.52. The first-order chi connectivity index (χ1) is 5.83. The van der Waals surface area contributed by atoms with Crippen molar-refractivity contribution in [2.45, 2.75) is 33.2 Å². The van der Waals surface area contributed by atoms with Gasteiger partial charge in [-0.3, -0.25) is 0 Å². The standard InChI is InChI=1S/C9H14N2O/c1-3-8-7(2)9-11(10-8)5-4-6-12-9/h3-6H2,1-2H3. The molecule has 0 radical (unpaired) electrons. The zero-order valence-electron chi connectivity index (χ0n) is 7.63. The maximum Gasteiger partial charge on any atom is 0.215 e. The molecule has 0 aromatic carbocycles. The van der Waals surface area contributed by atoms with Gasteiger partial charge >= 0.3 is 0 Å². The summed E-state index contributed by atoms with van der Waals surface area (Å²) in [5.74, 6) is 0.984. The van der Waals surface area contributed by atoms with Crippen molar-refractivity contribution in [3.63, 3.8) is 0 Å². The summed E-state index contributed by atoms with van der Waals surface area (Å²) in [6, 6.07) is 0. The summed E-state index contributed by atoms with van der Waals surface area (Å²) in [7, 11) is 0. The predicted octanol–water partition coefficient (Wildman–Crippen LogP) is 1.54. The van der Waals surface area contributed by atoms with E-state index in [0.717, 1.165) is 31.9 Å². The summed E-state index contributed by atoms with van der Waals surface area (Å²) in [6.45, 7) is 6.07. The molecule has 1 aromatic rings. The van der Waals surface area contributed by atoms with Gasteiger partial charge < -0.3 is 4.74 Å². The summed E-state index contributed by atoms with van der Waals surface area (Å²) >= 11 is 0. The molecule has 0 saturated carbocycles. The molecule has 0 N–H and O–H groups in total. The van der Waals surface area contributed by atoms with Crippen LogP contribution in [0.4, 0.5) is 0 Å². The second-order valence-corrected chi connectivity index (χ2v) is 3.16. The fraction of sp³-hybridized carbons (Fsp3) is 0.667. The lowest BCUT2D eigenvalue weighted by Gasteiger charge is -2.14. The zero-order valence-corrected chi connectivity index (χ0v) is 7.63. The fourth-order valence-corrected chi connectivity index (χ4v) is 1.64. The molecule has 0 bridgehead atoms. The van der Waals surface area contributed by atoms with E-state index in [2.05, 4.69) is 18.9 Å². The molecule has 12 heavy (non-hydrogen) atoms. The predicted molar refractivity (Wildman–Crippen MR) is 46.5 cm³/mol. The highest BCUT2D eigenvalue weighted by molar-refractivity contribution is 5.30. The molecule has 1 aromatic heterocycles. The first-order valence-electron chi connectivity index (χ1n) is 4.52. The van der Waals surface area contributed by atoms with Gasteiger partial charge in [-0.05, 0) is 13.3 Å². The Labute approximate surface area is 72.3 Å². The maximum absolute atomic E-state index is 5.54. The van der Waals surface area contributed by atoms with Crippen LogP contribution >= 0.6 is 0 Å². The minimum atomic E-state index is 0.843. The second-order valence-electron chi connectivity index (χ2n) is 3.16. The van der Waals surface area contributed by atoms with Crippen LogP contribution in [-0.4, -0.2) is 16.4 Å². The van der Waals surface area contributed by atoms with Crippen molar-refractivity contribution >= 4 is 0 Å². The minimum absolute atomic E-state index is 0.843. The van der Waals surface area contributed by atoms with Gasteiger partial charge in [-0.25, -0.2) is 4.68 Å². The Morgan fingerprint density at radius 1 is 1.58 bits per heavy atom. The Hall–Kier alpha value is -0.990. The lowest BCUT2D eigenvalue weighted by atomic mass is 10.2. The first kappa shape index (κ1) is 7.65. The molecule has 0 atom stereocenters. The zero-order chi connectivity index (χ0) is 8.55. The average Bonchev–Trinajstić information content (AvgIpc) is 2.44. The number of hydrogen-bond donors (Lipinski definition) is 0. The Kier molecular flexibility index (Phi) is 1.79. The minimum Gasteiger partial charge on any atom is -0.478 e. The van der Waals surface area contributed by atoms with Crippen LogP contribution in [0.1, 0.15) is 24.6 Å². The number of ether oxygens (including phenoxy) is 1. The molecule has 0 saturated heterocycles. The van der Waals surface area contributed by atoms with Crippen molar-refractivity contribution in [2.75, 3.05) is 6.61 Å². The molecule has 0 unspecified atom stereocenters. The average molecular weight is 166 g/mol. The van der Waals surface area contributed by atoms with Gasteiger partial charge in [0.25, 0.3) is 0 Å². The molecule has 2 rings (SSSR count). The second kappa shape index (κ2) is 2.81. The van der Waals surface area contributed by atoms with Gasteiger partial charge in [0.15, 0.2) is 0 Å². The third kappa shape index (κ3) is 1.00. The number of hydrogen-bond acceptors (Lipinski definition) is 2. The maximum atomic E-state index is 5.54. The van der Waals surface area contributed by atoms with Gasteiger partial charge in [-0.15, -0.1) is 0 Å². The number of aromatic nitrogens is 2. The molecule has 0 spiro atoms. The third-order valence-electron chi connectivity index (χ3n) is 2.32. The van der Waals surface area contributed by atoms with E-state index in [0.29, 0.717) is 0 Å². The van der Waals surface area contributed by atoms with Crippen molar-refractivity contribution in [3.8, 4) is 5.88 Å². The SMILES string of the molecule is CCc1nn2c(c1C)OCCC2. The van der Waals surface area contributed by atoms with Crippen LogP contribution in [0, 0.1) is 6.92 Å². The smallest absolute Gasteiger partial charge is 0.215 e. The molecule has 3 heteroatoms. The molecule has 0 fully saturated rings. The lowest BCUT2D eigenvalue weighted by molar-refractivity contribution is 0.229. The highest BCUT2D eigenvalue weighted by Crippen LogP contribution is 2.24. The van der Waals surface area contributed by atoms with Crippen molar-refractivity contribution < 1.29 is 4.74 Å². The largest absolute Gasteiger partial charge is 0.478 e. The fourth-order valence-electron chi connectivity index (χ4n) is 1.64. The van der Waals surface area contributed by atoms with E-state index in [1.54, 1.807) is 0 Å². The Balaban J connectivity index is 2.44. The highest BCUT2D eigenvalue weighted by atomic mass is 16.5. The summed E-state index contributed by atoms with van der Waals surface area (Å²) in [5, 5.41) is 4.46. The molecule has 0 aliphatic carbocycles. The van der Waals surface area contributed by atoms with Gasteiger partial charge in [0.05, 0.1) is 12.3 Å². The molecular formula is C9H14N2O. The van der Waals surface area contributed by atoms with Crippen LogP contribution in [-0.2, 0) is 13.0 Å². The summed E-state index contributed by atoms with van der Waals surface area (Å²) < 4.78 is 7.52. The lowest BCUT2D eigenvalue weighted by Crippen LogP contribution is -2.14. The number of nitrogens with zero attached hydrogens (tertiary/aromatic N) is 2. The molecular weight excluding hydrogens is 152 g/mol. The Morgan fingerprint density at radius 3 is 3.08 bits per heavy atom. The van der Waals surface area contributed by atoms with E-state index in [-0.39, 0.29) is 0 Å². The van der Waals surface area contributed by atoms with E-state index >= 15 is 0 Å². The van der Waals surface area contributed by atoms with Crippen LogP contribution in [0.5, 0.6) is 5.88 Å². The summed E-state index contributed by atoms with van der Waals surface area (Å²) in [5.41, 5.74) is 2.39. The van der Waals surface area contributed by atoms with Crippen molar-refractivity contribution in [3.05, 3.63) is 11.3 Å². The van der Waals surface area contributed by atoms with Crippen molar-refractivity contribution in [1.29, 1.82) is 0 Å². The topological polar surface area (TPSA) is 27.1 Å². The van der Waals surface area contributed by atoms with E-state index < -0.39 is 0 Å². The number of rotatable bonds is 1. The van der Waals surface area contributed by atoms with Crippen LogP contribution in [0.25, 0.3) is 0 Å². The normalized spacial score (nSPS) is 15.5. The van der Waals surface area contributed by atoms with Crippen LogP contribution in [0.15, 0.2) is 0 Å². The van der Waals surface area contributed by atoms with E-state index in [1.165, 1.54) is 11.3 Å². The Bertz CT molecular complexity index is 291. The van der Waals surface area contributed by atoms with E-state index in [1.807, 2.05) is 4.68 Å². The van der Waals surface area contributed by atoms with Crippen LogP contribution in [0.3, 0.4) is 0 Å². The van der Waals surface area contributed by atoms with Gasteiger partial charge in [0.2, 0.25) is 5.88 Å².